The molecule has 0 aliphatic carbocycles. The van der Waals surface area contributed by atoms with Gasteiger partial charge >= 0.3 is 0 Å². The van der Waals surface area contributed by atoms with Gasteiger partial charge in [0.15, 0.2) is 0 Å². The molecule has 12 heavy (non-hydrogen) atoms. The predicted octanol–water partition coefficient (Wildman–Crippen LogP) is 2.00. The summed E-state index contributed by atoms with van der Waals surface area (Å²) in [7, 11) is 0. The lowest BCUT2D eigenvalue weighted by Crippen LogP contribution is -2.42. The van der Waals surface area contributed by atoms with Gasteiger partial charge in [-0.3, -0.25) is 0 Å². The van der Waals surface area contributed by atoms with Crippen LogP contribution in [-0.2, 0) is 9.47 Å². The zero-order valence-corrected chi connectivity index (χ0v) is 8.01. The van der Waals surface area contributed by atoms with Crippen LogP contribution in [0.25, 0.3) is 0 Å². The van der Waals surface area contributed by atoms with Gasteiger partial charge in [0.1, 0.15) is 0 Å². The molecule has 0 saturated carbocycles. The van der Waals surface area contributed by atoms with E-state index in [9.17, 15) is 0 Å². The first-order chi connectivity index (χ1) is 5.74. The lowest BCUT2D eigenvalue weighted by Gasteiger charge is -2.35. The van der Waals surface area contributed by atoms with Gasteiger partial charge in [-0.05, 0) is 13.3 Å². The summed E-state index contributed by atoms with van der Waals surface area (Å²) in [5, 5.41) is 0. The molecule has 1 fully saturated rings. The van der Waals surface area contributed by atoms with E-state index < -0.39 is 0 Å². The number of rotatable bonds is 5. The highest BCUT2D eigenvalue weighted by Crippen LogP contribution is 2.23. The van der Waals surface area contributed by atoms with Crippen LogP contribution in [0.5, 0.6) is 0 Å². The fourth-order valence-corrected chi connectivity index (χ4v) is 1.28. The molecule has 0 N–H and O–H groups in total. The summed E-state index contributed by atoms with van der Waals surface area (Å²) in [6.07, 6.45) is 1.54. The standard InChI is InChI=1S/C10H18O2/c1-4-9-6-12-10(9)7-11-5-8(2)3/h9-10H,2,4-7H2,1,3H3. The first kappa shape index (κ1) is 9.75. The Labute approximate surface area is 74.6 Å². The van der Waals surface area contributed by atoms with Gasteiger partial charge in [-0.15, -0.1) is 0 Å². The topological polar surface area (TPSA) is 18.5 Å². The SMILES string of the molecule is C=C(C)COCC1OCC1CC. The first-order valence-electron chi connectivity index (χ1n) is 4.57. The molecule has 0 bridgehead atoms. The lowest BCUT2D eigenvalue weighted by molar-refractivity contribution is -0.145. The van der Waals surface area contributed by atoms with Gasteiger partial charge in [-0.2, -0.15) is 0 Å². The Hall–Kier alpha value is -0.340. The van der Waals surface area contributed by atoms with E-state index in [1.54, 1.807) is 0 Å². The van der Waals surface area contributed by atoms with Crippen LogP contribution >= 0.6 is 0 Å². The van der Waals surface area contributed by atoms with Crippen LogP contribution in [0.2, 0.25) is 0 Å². The molecule has 70 valence electrons. The number of ether oxygens (including phenoxy) is 2. The van der Waals surface area contributed by atoms with E-state index in [1.165, 1.54) is 6.42 Å². The van der Waals surface area contributed by atoms with Crippen molar-refractivity contribution in [2.24, 2.45) is 5.92 Å². The Kier molecular flexibility index (Phi) is 3.76. The van der Waals surface area contributed by atoms with Crippen molar-refractivity contribution in [3.63, 3.8) is 0 Å². The molecule has 2 heteroatoms. The minimum absolute atomic E-state index is 0.342. The number of hydrogen-bond acceptors (Lipinski definition) is 2. The van der Waals surface area contributed by atoms with E-state index in [1.807, 2.05) is 6.92 Å². The van der Waals surface area contributed by atoms with Gasteiger partial charge in [0.2, 0.25) is 0 Å². The zero-order valence-electron chi connectivity index (χ0n) is 8.01. The Balaban J connectivity index is 2.03. The molecule has 0 aromatic heterocycles. The lowest BCUT2D eigenvalue weighted by atomic mass is 9.96. The van der Waals surface area contributed by atoms with Crippen molar-refractivity contribution in [2.45, 2.75) is 26.4 Å². The molecule has 2 unspecified atom stereocenters. The third-order valence-corrected chi connectivity index (χ3v) is 2.21. The maximum Gasteiger partial charge on any atom is 0.0858 e. The summed E-state index contributed by atoms with van der Waals surface area (Å²) < 4.78 is 10.8. The molecule has 0 aromatic rings. The van der Waals surface area contributed by atoms with Crippen molar-refractivity contribution >= 4 is 0 Å². The maximum atomic E-state index is 5.41. The van der Waals surface area contributed by atoms with Crippen LogP contribution in [0.1, 0.15) is 20.3 Å². The Morgan fingerprint density at radius 3 is 2.83 bits per heavy atom. The fraction of sp³-hybridized carbons (Fsp3) is 0.800. The quantitative estimate of drug-likeness (QED) is 0.587. The van der Waals surface area contributed by atoms with Crippen LogP contribution in [0.3, 0.4) is 0 Å². The summed E-state index contributed by atoms with van der Waals surface area (Å²) in [6.45, 7) is 10.2. The normalized spacial score (nSPS) is 28.2. The highest BCUT2D eigenvalue weighted by molar-refractivity contribution is 4.88. The van der Waals surface area contributed by atoms with E-state index in [0.29, 0.717) is 12.7 Å². The van der Waals surface area contributed by atoms with Crippen molar-refractivity contribution in [2.75, 3.05) is 19.8 Å². The molecule has 0 radical (unpaired) electrons. The van der Waals surface area contributed by atoms with E-state index in [-0.39, 0.29) is 0 Å². The summed E-state index contributed by atoms with van der Waals surface area (Å²) in [6, 6.07) is 0. The second-order valence-electron chi connectivity index (χ2n) is 3.51. The summed E-state index contributed by atoms with van der Waals surface area (Å²) in [4.78, 5) is 0. The van der Waals surface area contributed by atoms with Crippen LogP contribution in [0, 0.1) is 5.92 Å². The van der Waals surface area contributed by atoms with Gasteiger partial charge in [-0.1, -0.05) is 19.1 Å². The van der Waals surface area contributed by atoms with Crippen molar-refractivity contribution in [1.82, 2.24) is 0 Å². The average molecular weight is 170 g/mol. The van der Waals surface area contributed by atoms with Gasteiger partial charge < -0.3 is 9.47 Å². The molecule has 1 rings (SSSR count). The molecule has 0 amide bonds. The monoisotopic (exact) mass is 170 g/mol. The van der Waals surface area contributed by atoms with E-state index in [0.717, 1.165) is 24.7 Å². The molecule has 1 heterocycles. The fourth-order valence-electron chi connectivity index (χ4n) is 1.28. The van der Waals surface area contributed by atoms with Crippen LogP contribution < -0.4 is 0 Å². The Morgan fingerprint density at radius 1 is 1.67 bits per heavy atom. The largest absolute Gasteiger partial charge is 0.375 e. The van der Waals surface area contributed by atoms with Crippen LogP contribution in [0.15, 0.2) is 12.2 Å². The molecule has 1 saturated heterocycles. The first-order valence-corrected chi connectivity index (χ1v) is 4.57. The molecule has 0 spiro atoms. The highest BCUT2D eigenvalue weighted by Gasteiger charge is 2.30. The Morgan fingerprint density at radius 2 is 2.42 bits per heavy atom. The van der Waals surface area contributed by atoms with Crippen molar-refractivity contribution in [1.29, 1.82) is 0 Å². The second-order valence-corrected chi connectivity index (χ2v) is 3.51. The minimum atomic E-state index is 0.342. The van der Waals surface area contributed by atoms with Gasteiger partial charge in [0, 0.05) is 5.92 Å². The highest BCUT2D eigenvalue weighted by atomic mass is 16.5. The molecule has 2 atom stereocenters. The summed E-state index contributed by atoms with van der Waals surface area (Å²) >= 11 is 0. The zero-order chi connectivity index (χ0) is 8.97. The molecular weight excluding hydrogens is 152 g/mol. The van der Waals surface area contributed by atoms with Crippen molar-refractivity contribution < 1.29 is 9.47 Å². The van der Waals surface area contributed by atoms with E-state index in [4.69, 9.17) is 9.47 Å². The average Bonchev–Trinajstić information content (AvgIpc) is 1.96. The third kappa shape index (κ3) is 2.61. The molecule has 1 aliphatic rings. The smallest absolute Gasteiger partial charge is 0.0858 e. The van der Waals surface area contributed by atoms with E-state index in [2.05, 4.69) is 13.5 Å². The third-order valence-electron chi connectivity index (χ3n) is 2.21. The summed E-state index contributed by atoms with van der Waals surface area (Å²) in [5.74, 6) is 0.718. The molecule has 0 aromatic carbocycles. The predicted molar refractivity (Wildman–Crippen MR) is 49.2 cm³/mol. The summed E-state index contributed by atoms with van der Waals surface area (Å²) in [5.41, 5.74) is 1.07. The van der Waals surface area contributed by atoms with Crippen LogP contribution in [0.4, 0.5) is 0 Å². The van der Waals surface area contributed by atoms with Crippen LogP contribution in [-0.4, -0.2) is 25.9 Å². The van der Waals surface area contributed by atoms with Gasteiger partial charge in [0.25, 0.3) is 0 Å². The van der Waals surface area contributed by atoms with Crippen molar-refractivity contribution in [3.05, 3.63) is 12.2 Å². The van der Waals surface area contributed by atoms with Crippen molar-refractivity contribution in [3.8, 4) is 0 Å². The van der Waals surface area contributed by atoms with Gasteiger partial charge in [0.05, 0.1) is 25.9 Å². The number of hydrogen-bond donors (Lipinski definition) is 0. The molecular formula is C10H18O2. The minimum Gasteiger partial charge on any atom is -0.375 e. The maximum absolute atomic E-state index is 5.41. The van der Waals surface area contributed by atoms with Gasteiger partial charge in [-0.25, -0.2) is 0 Å². The molecule has 1 aliphatic heterocycles. The molecule has 2 nitrogen and oxygen atoms in total. The second kappa shape index (κ2) is 4.63. The van der Waals surface area contributed by atoms with E-state index >= 15 is 0 Å². The Bertz CT molecular complexity index is 152.